The van der Waals surface area contributed by atoms with Crippen LogP contribution in [-0.2, 0) is 4.79 Å². The lowest BCUT2D eigenvalue weighted by atomic mass is 10.1. The molecule has 0 spiro atoms. The maximum Gasteiger partial charge on any atom is 0.263 e. The van der Waals surface area contributed by atoms with Gasteiger partial charge in [0.05, 0.1) is 12.8 Å². The third kappa shape index (κ3) is 8.86. The molecule has 3 aromatic carbocycles. The average molecular weight is 635 g/mol. The van der Waals surface area contributed by atoms with Crippen LogP contribution in [0.25, 0.3) is 0 Å². The van der Waals surface area contributed by atoms with Crippen LogP contribution in [0.15, 0.2) is 91.1 Å². The van der Waals surface area contributed by atoms with E-state index in [-0.39, 0.29) is 23.3 Å². The second-order valence-corrected chi connectivity index (χ2v) is 11.6. The Labute approximate surface area is 276 Å². The molecule has 1 aromatic heterocycles. The van der Waals surface area contributed by atoms with E-state index in [9.17, 15) is 9.59 Å². The first-order chi connectivity index (χ1) is 22.8. The molecule has 4 aromatic rings. The van der Waals surface area contributed by atoms with Gasteiger partial charge in [-0.1, -0.05) is 30.3 Å². The molecule has 0 aliphatic carbocycles. The zero-order valence-corrected chi connectivity index (χ0v) is 27.4. The number of methoxy groups -OCH3 is 1. The normalized spacial score (nSPS) is 13.0. The third-order valence-corrected chi connectivity index (χ3v) is 7.75. The van der Waals surface area contributed by atoms with Gasteiger partial charge in [-0.05, 0) is 75.8 Å². The number of ether oxygens (including phenoxy) is 1. The van der Waals surface area contributed by atoms with Crippen LogP contribution >= 0.6 is 0 Å². The monoisotopic (exact) mass is 634 g/mol. The van der Waals surface area contributed by atoms with Crippen molar-refractivity contribution in [2.45, 2.75) is 19.3 Å². The molecular formula is C36H42N8O3. The van der Waals surface area contributed by atoms with Gasteiger partial charge in [0.15, 0.2) is 0 Å². The molecule has 11 heteroatoms. The number of piperidine rings is 1. The summed E-state index contributed by atoms with van der Waals surface area (Å²) in [5.74, 6) is 0.722. The molecule has 0 atom stereocenters. The fraction of sp³-hybridized carbons (Fsp3) is 0.278. The number of anilines is 7. The number of likely N-dealkylation sites (N-methyl/N-ethyl adjacent to an activating group) is 1. The highest BCUT2D eigenvalue weighted by molar-refractivity contribution is 6.09. The summed E-state index contributed by atoms with van der Waals surface area (Å²) in [5.41, 5.74) is 4.04. The van der Waals surface area contributed by atoms with Crippen LogP contribution in [0.1, 0.15) is 29.6 Å². The number of benzene rings is 3. The predicted octanol–water partition coefficient (Wildman–Crippen LogP) is 6.30. The molecule has 0 radical (unpaired) electrons. The largest absolute Gasteiger partial charge is 0.494 e. The number of carbonyl (C=O) groups excluding carboxylic acids is 2. The molecule has 11 nitrogen and oxygen atoms in total. The van der Waals surface area contributed by atoms with Gasteiger partial charge in [-0.25, -0.2) is 4.98 Å². The highest BCUT2D eigenvalue weighted by Gasteiger charge is 2.21. The van der Waals surface area contributed by atoms with Crippen LogP contribution in [0.4, 0.5) is 40.2 Å². The van der Waals surface area contributed by atoms with Crippen molar-refractivity contribution in [2.24, 2.45) is 0 Å². The number of nitrogens with one attached hydrogen (secondary N) is 3. The minimum Gasteiger partial charge on any atom is -0.494 e. The van der Waals surface area contributed by atoms with Crippen molar-refractivity contribution in [2.75, 3.05) is 73.6 Å². The van der Waals surface area contributed by atoms with Gasteiger partial charge in [0.1, 0.15) is 17.1 Å². The topological polar surface area (TPSA) is 115 Å². The molecule has 5 rings (SSSR count). The van der Waals surface area contributed by atoms with Crippen LogP contribution in [-0.4, -0.2) is 74.6 Å². The van der Waals surface area contributed by atoms with Gasteiger partial charge in [0.2, 0.25) is 11.9 Å². The number of nitrogens with zero attached hydrogens (tertiary/aromatic N) is 5. The highest BCUT2D eigenvalue weighted by Crippen LogP contribution is 2.33. The Balaban J connectivity index is 1.42. The number of carbonyl (C=O) groups is 2. The molecule has 3 N–H and O–H groups in total. The molecule has 244 valence electrons. The van der Waals surface area contributed by atoms with E-state index in [2.05, 4.69) is 31.9 Å². The number of amides is 2. The van der Waals surface area contributed by atoms with Crippen LogP contribution in [0.5, 0.6) is 5.75 Å². The van der Waals surface area contributed by atoms with Crippen molar-refractivity contribution in [3.05, 3.63) is 96.7 Å². The molecule has 0 saturated carbocycles. The van der Waals surface area contributed by atoms with E-state index in [1.54, 1.807) is 37.3 Å². The summed E-state index contributed by atoms with van der Waals surface area (Å²) in [6.07, 6.45) is 8.43. The molecule has 47 heavy (non-hydrogen) atoms. The van der Waals surface area contributed by atoms with Crippen LogP contribution in [0.3, 0.4) is 0 Å². The van der Waals surface area contributed by atoms with E-state index >= 15 is 0 Å². The standard InChI is InChI=1S/C36H42N8O3/c1-42(2)20-12-17-33(45)38-26-13-11-14-27(23-26)39-34-30(35(46)43(3)28-15-7-5-8-16-28)25-37-36(41-34)40-31-19-18-29(24-32(31)47-4)44-21-9-6-10-22-44/h5,7-8,11-19,23-25H,6,9-10,20-22H2,1-4H3,(H,38,45)(H2,37,39,40,41). The zero-order chi connectivity index (χ0) is 33.2. The molecule has 0 bridgehead atoms. The Morgan fingerprint density at radius 2 is 1.68 bits per heavy atom. The van der Waals surface area contributed by atoms with Gasteiger partial charge in [0, 0.05) is 67.8 Å². The summed E-state index contributed by atoms with van der Waals surface area (Å²) >= 11 is 0. The number of aromatic nitrogens is 2. The molecular weight excluding hydrogens is 592 g/mol. The third-order valence-electron chi connectivity index (χ3n) is 7.75. The van der Waals surface area contributed by atoms with Crippen molar-refractivity contribution < 1.29 is 14.3 Å². The van der Waals surface area contributed by atoms with E-state index in [0.29, 0.717) is 35.2 Å². The predicted molar refractivity (Wildman–Crippen MR) is 190 cm³/mol. The quantitative estimate of drug-likeness (QED) is 0.155. The van der Waals surface area contributed by atoms with Crippen molar-refractivity contribution in [3.63, 3.8) is 0 Å². The first kappa shape index (κ1) is 33.0. The minimum atomic E-state index is -0.288. The smallest absolute Gasteiger partial charge is 0.263 e. The Bertz CT molecular complexity index is 1700. The van der Waals surface area contributed by atoms with E-state index in [1.165, 1.54) is 31.5 Å². The Morgan fingerprint density at radius 3 is 2.43 bits per heavy atom. The van der Waals surface area contributed by atoms with Crippen LogP contribution in [0.2, 0.25) is 0 Å². The van der Waals surface area contributed by atoms with Gasteiger partial charge in [0.25, 0.3) is 5.91 Å². The molecule has 0 unspecified atom stereocenters. The van der Waals surface area contributed by atoms with E-state index < -0.39 is 0 Å². The maximum absolute atomic E-state index is 13.8. The average Bonchev–Trinajstić information content (AvgIpc) is 3.08. The summed E-state index contributed by atoms with van der Waals surface area (Å²) in [6.45, 7) is 2.71. The summed E-state index contributed by atoms with van der Waals surface area (Å²) in [4.78, 5) is 41.4. The Hall–Kier alpha value is -5.42. The fourth-order valence-electron chi connectivity index (χ4n) is 5.26. The summed E-state index contributed by atoms with van der Waals surface area (Å²) in [5, 5.41) is 9.44. The van der Waals surface area contributed by atoms with Crippen LogP contribution in [0, 0.1) is 0 Å². The SMILES string of the molecule is COc1cc(N2CCCCC2)ccc1Nc1ncc(C(=O)N(C)c2ccccc2)c(Nc2cccc(NC(=O)C=CCN(C)C)c2)n1. The summed E-state index contributed by atoms with van der Waals surface area (Å²) in [6, 6.07) is 22.7. The van der Waals surface area contributed by atoms with Gasteiger partial charge in [-0.2, -0.15) is 4.98 Å². The number of para-hydroxylation sites is 1. The second kappa shape index (κ2) is 15.7. The van der Waals surface area contributed by atoms with E-state index in [0.717, 1.165) is 24.5 Å². The van der Waals surface area contributed by atoms with E-state index in [1.807, 2.05) is 73.6 Å². The Kier molecular flexibility index (Phi) is 11.0. The van der Waals surface area contributed by atoms with Crippen molar-refractivity contribution >= 4 is 52.0 Å². The fourth-order valence-corrected chi connectivity index (χ4v) is 5.26. The zero-order valence-electron chi connectivity index (χ0n) is 27.4. The molecule has 2 amide bonds. The van der Waals surface area contributed by atoms with Crippen molar-refractivity contribution in [1.82, 2.24) is 14.9 Å². The number of hydrogen-bond acceptors (Lipinski definition) is 9. The summed E-state index contributed by atoms with van der Waals surface area (Å²) < 4.78 is 5.74. The first-order valence-electron chi connectivity index (χ1n) is 15.7. The van der Waals surface area contributed by atoms with Gasteiger partial charge >= 0.3 is 0 Å². The highest BCUT2D eigenvalue weighted by atomic mass is 16.5. The van der Waals surface area contributed by atoms with Crippen molar-refractivity contribution in [3.8, 4) is 5.75 Å². The van der Waals surface area contributed by atoms with E-state index in [4.69, 9.17) is 9.72 Å². The minimum absolute atomic E-state index is 0.238. The maximum atomic E-state index is 13.8. The van der Waals surface area contributed by atoms with Crippen molar-refractivity contribution in [1.29, 1.82) is 0 Å². The second-order valence-electron chi connectivity index (χ2n) is 11.6. The molecule has 1 aliphatic heterocycles. The molecule has 1 aliphatic rings. The number of hydrogen-bond donors (Lipinski definition) is 3. The molecule has 1 saturated heterocycles. The van der Waals surface area contributed by atoms with Gasteiger partial charge < -0.3 is 35.4 Å². The lowest BCUT2D eigenvalue weighted by molar-refractivity contribution is -0.111. The molecule has 2 heterocycles. The number of rotatable bonds is 12. The summed E-state index contributed by atoms with van der Waals surface area (Å²) in [7, 11) is 7.22. The molecule has 1 fully saturated rings. The lowest BCUT2D eigenvalue weighted by Crippen LogP contribution is -2.29. The van der Waals surface area contributed by atoms with Gasteiger partial charge in [-0.3, -0.25) is 9.59 Å². The Morgan fingerprint density at radius 1 is 0.915 bits per heavy atom. The van der Waals surface area contributed by atoms with Crippen LogP contribution < -0.4 is 30.5 Å². The lowest BCUT2D eigenvalue weighted by Gasteiger charge is -2.29. The first-order valence-corrected chi connectivity index (χ1v) is 15.7. The van der Waals surface area contributed by atoms with Gasteiger partial charge in [-0.15, -0.1) is 0 Å².